The molecule has 2 unspecified atom stereocenters. The summed E-state index contributed by atoms with van der Waals surface area (Å²) in [6.45, 7) is 12.6. The van der Waals surface area contributed by atoms with Crippen molar-refractivity contribution < 1.29 is 9.53 Å². The zero-order chi connectivity index (χ0) is 15.5. The Hall–Kier alpha value is -0.770. The molecule has 2 aliphatic rings. The number of rotatable bonds is 5. The summed E-state index contributed by atoms with van der Waals surface area (Å²) in [5, 5.41) is 3.06. The van der Waals surface area contributed by atoms with E-state index < -0.39 is 0 Å². The van der Waals surface area contributed by atoms with Crippen LogP contribution in [0.4, 0.5) is 4.79 Å². The first-order valence-electron chi connectivity index (χ1n) is 8.51. The van der Waals surface area contributed by atoms with E-state index in [0.717, 1.165) is 18.9 Å². The van der Waals surface area contributed by atoms with E-state index in [-0.39, 0.29) is 12.1 Å². The highest BCUT2D eigenvalue weighted by Gasteiger charge is 2.33. The summed E-state index contributed by atoms with van der Waals surface area (Å²) in [5.74, 6) is 1.58. The molecule has 1 amide bonds. The van der Waals surface area contributed by atoms with Crippen LogP contribution in [0.5, 0.6) is 0 Å². The molecule has 4 nitrogen and oxygen atoms in total. The molecule has 2 atom stereocenters. The largest absolute Gasteiger partial charge is 0.450 e. The number of likely N-dealkylation sites (tertiary alicyclic amines) is 1. The van der Waals surface area contributed by atoms with Gasteiger partial charge < -0.3 is 15.0 Å². The van der Waals surface area contributed by atoms with E-state index in [9.17, 15) is 4.79 Å². The number of amides is 1. The number of ether oxygens (including phenoxy) is 1. The predicted molar refractivity (Wildman–Crippen MR) is 85.3 cm³/mol. The highest BCUT2D eigenvalue weighted by molar-refractivity contribution is 5.67. The molecule has 1 aliphatic heterocycles. The molecular formula is C17H32N2O2. The Morgan fingerprint density at radius 2 is 1.95 bits per heavy atom. The third-order valence-corrected chi connectivity index (χ3v) is 4.32. The highest BCUT2D eigenvalue weighted by atomic mass is 16.5. The van der Waals surface area contributed by atoms with Crippen LogP contribution in [0.3, 0.4) is 0 Å². The molecule has 0 spiro atoms. The van der Waals surface area contributed by atoms with Crippen LogP contribution < -0.4 is 5.32 Å². The molecule has 1 heterocycles. The Morgan fingerprint density at radius 3 is 2.52 bits per heavy atom. The summed E-state index contributed by atoms with van der Waals surface area (Å²) < 4.78 is 5.04. The van der Waals surface area contributed by atoms with E-state index in [2.05, 4.69) is 31.0 Å². The molecule has 0 radical (unpaired) electrons. The van der Waals surface area contributed by atoms with E-state index in [1.54, 1.807) is 0 Å². The third kappa shape index (κ3) is 6.25. The van der Waals surface area contributed by atoms with Crippen LogP contribution in [0.15, 0.2) is 0 Å². The molecule has 4 heteroatoms. The van der Waals surface area contributed by atoms with Crippen molar-refractivity contribution >= 4 is 6.09 Å². The standard InChI is InChI=1S/C17H32N2O2/c1-5-21-16(20)18-15-8-14(9-17(2,3)4)11-19(12-15)10-13-6-7-13/h13-15H,5-12H2,1-4H3,(H,18,20). The first-order chi connectivity index (χ1) is 9.85. The van der Waals surface area contributed by atoms with Gasteiger partial charge in [0.25, 0.3) is 0 Å². The van der Waals surface area contributed by atoms with Crippen molar-refractivity contribution in [3.05, 3.63) is 0 Å². The number of hydrogen-bond donors (Lipinski definition) is 1. The maximum absolute atomic E-state index is 11.7. The lowest BCUT2D eigenvalue weighted by Gasteiger charge is -2.40. The molecule has 0 bridgehead atoms. The lowest BCUT2D eigenvalue weighted by atomic mass is 9.80. The van der Waals surface area contributed by atoms with Gasteiger partial charge in [-0.25, -0.2) is 4.79 Å². The minimum absolute atomic E-state index is 0.240. The van der Waals surface area contributed by atoms with Crippen LogP contribution in [-0.4, -0.2) is 43.3 Å². The number of carbonyl (C=O) groups excluding carboxylic acids is 1. The second-order valence-corrected chi connectivity index (χ2v) is 8.09. The van der Waals surface area contributed by atoms with E-state index >= 15 is 0 Å². The molecule has 1 saturated heterocycles. The van der Waals surface area contributed by atoms with Gasteiger partial charge in [-0.2, -0.15) is 0 Å². The topological polar surface area (TPSA) is 41.6 Å². The van der Waals surface area contributed by atoms with Gasteiger partial charge >= 0.3 is 6.09 Å². The maximum Gasteiger partial charge on any atom is 0.407 e. The second-order valence-electron chi connectivity index (χ2n) is 8.09. The molecule has 0 aromatic rings. The van der Waals surface area contributed by atoms with Crippen molar-refractivity contribution in [2.24, 2.45) is 17.3 Å². The summed E-state index contributed by atoms with van der Waals surface area (Å²) in [7, 11) is 0. The monoisotopic (exact) mass is 296 g/mol. The van der Waals surface area contributed by atoms with Gasteiger partial charge in [-0.1, -0.05) is 20.8 Å². The molecule has 0 aromatic carbocycles. The molecular weight excluding hydrogens is 264 g/mol. The molecule has 2 rings (SSSR count). The first-order valence-corrected chi connectivity index (χ1v) is 8.51. The SMILES string of the molecule is CCOC(=O)NC1CC(CC(C)(C)C)CN(CC2CC2)C1. The Balaban J connectivity index is 1.90. The fourth-order valence-corrected chi connectivity index (χ4v) is 3.58. The molecule has 1 N–H and O–H groups in total. The summed E-state index contributed by atoms with van der Waals surface area (Å²) in [6.07, 6.45) is 4.81. The number of alkyl carbamates (subject to hydrolysis) is 1. The second kappa shape index (κ2) is 6.99. The Bertz CT molecular complexity index is 347. The van der Waals surface area contributed by atoms with Gasteiger partial charge in [-0.3, -0.25) is 0 Å². The van der Waals surface area contributed by atoms with Gasteiger partial charge in [0.1, 0.15) is 0 Å². The van der Waals surface area contributed by atoms with E-state index in [1.807, 2.05) is 6.92 Å². The van der Waals surface area contributed by atoms with Crippen LogP contribution in [0.25, 0.3) is 0 Å². The summed E-state index contributed by atoms with van der Waals surface area (Å²) in [6, 6.07) is 0.240. The van der Waals surface area contributed by atoms with Crippen LogP contribution >= 0.6 is 0 Å². The van der Waals surface area contributed by atoms with Gasteiger partial charge in [0.15, 0.2) is 0 Å². The fourth-order valence-electron chi connectivity index (χ4n) is 3.58. The summed E-state index contributed by atoms with van der Waals surface area (Å²) in [4.78, 5) is 14.3. The molecule has 2 fully saturated rings. The average molecular weight is 296 g/mol. The van der Waals surface area contributed by atoms with Gasteiger partial charge in [0.2, 0.25) is 0 Å². The lowest BCUT2D eigenvalue weighted by molar-refractivity contribution is 0.0989. The van der Waals surface area contributed by atoms with E-state index in [4.69, 9.17) is 4.74 Å². The average Bonchev–Trinajstić information content (AvgIpc) is 3.10. The van der Waals surface area contributed by atoms with Gasteiger partial charge in [-0.15, -0.1) is 0 Å². The molecule has 122 valence electrons. The third-order valence-electron chi connectivity index (χ3n) is 4.32. The summed E-state index contributed by atoms with van der Waals surface area (Å²) >= 11 is 0. The fraction of sp³-hybridized carbons (Fsp3) is 0.941. The number of hydrogen-bond acceptors (Lipinski definition) is 3. The predicted octanol–water partition coefficient (Wildman–Crippen LogP) is 3.27. The number of piperidine rings is 1. The van der Waals surface area contributed by atoms with Crippen LogP contribution in [-0.2, 0) is 4.74 Å². The van der Waals surface area contributed by atoms with Crippen molar-refractivity contribution in [1.29, 1.82) is 0 Å². The minimum atomic E-state index is -0.259. The lowest BCUT2D eigenvalue weighted by Crippen LogP contribution is -2.51. The molecule has 1 saturated carbocycles. The van der Waals surface area contributed by atoms with Gasteiger partial charge in [-0.05, 0) is 49.9 Å². The van der Waals surface area contributed by atoms with Crippen molar-refractivity contribution in [2.75, 3.05) is 26.2 Å². The molecule has 21 heavy (non-hydrogen) atoms. The molecule has 0 aromatic heterocycles. The first kappa shape index (κ1) is 16.6. The Kier molecular flexibility index (Phi) is 5.53. The normalized spacial score (nSPS) is 27.4. The number of nitrogens with one attached hydrogen (secondary N) is 1. The van der Waals surface area contributed by atoms with Gasteiger partial charge in [0, 0.05) is 25.7 Å². The van der Waals surface area contributed by atoms with E-state index in [1.165, 1.54) is 32.4 Å². The maximum atomic E-state index is 11.7. The van der Waals surface area contributed by atoms with Crippen molar-refractivity contribution in [3.8, 4) is 0 Å². The van der Waals surface area contributed by atoms with Crippen molar-refractivity contribution in [1.82, 2.24) is 10.2 Å². The number of carbonyl (C=O) groups is 1. The van der Waals surface area contributed by atoms with Gasteiger partial charge in [0.05, 0.1) is 6.61 Å². The zero-order valence-corrected chi connectivity index (χ0v) is 14.2. The van der Waals surface area contributed by atoms with Crippen molar-refractivity contribution in [2.45, 2.75) is 59.4 Å². The van der Waals surface area contributed by atoms with Crippen molar-refractivity contribution in [3.63, 3.8) is 0 Å². The van der Waals surface area contributed by atoms with Crippen LogP contribution in [0, 0.1) is 17.3 Å². The Labute approximate surface area is 129 Å². The quantitative estimate of drug-likeness (QED) is 0.846. The molecule has 1 aliphatic carbocycles. The summed E-state index contributed by atoms with van der Waals surface area (Å²) in [5.41, 5.74) is 0.349. The van der Waals surface area contributed by atoms with E-state index in [0.29, 0.717) is 17.9 Å². The zero-order valence-electron chi connectivity index (χ0n) is 14.2. The van der Waals surface area contributed by atoms with Crippen LogP contribution in [0.2, 0.25) is 0 Å². The number of nitrogens with zero attached hydrogens (tertiary/aromatic N) is 1. The minimum Gasteiger partial charge on any atom is -0.450 e. The van der Waals surface area contributed by atoms with Crippen LogP contribution in [0.1, 0.15) is 53.4 Å². The highest BCUT2D eigenvalue weighted by Crippen LogP contribution is 2.34. The Morgan fingerprint density at radius 1 is 1.24 bits per heavy atom. The smallest absolute Gasteiger partial charge is 0.407 e.